The maximum absolute atomic E-state index is 11.2. The van der Waals surface area contributed by atoms with Crippen molar-refractivity contribution >= 4 is 17.9 Å². The van der Waals surface area contributed by atoms with E-state index in [1.165, 1.54) is 0 Å². The molecule has 18 heavy (non-hydrogen) atoms. The van der Waals surface area contributed by atoms with Gasteiger partial charge in [0.05, 0.1) is 12.6 Å². The molecule has 0 saturated carbocycles. The highest BCUT2D eigenvalue weighted by Crippen LogP contribution is 2.26. The normalized spacial score (nSPS) is 24.5. The monoisotopic (exact) mass is 251 g/mol. The van der Waals surface area contributed by atoms with Crippen molar-refractivity contribution in [3.8, 4) is 0 Å². The zero-order valence-corrected chi connectivity index (χ0v) is 10.2. The Morgan fingerprint density at radius 2 is 2.50 bits per heavy atom. The topological polar surface area (TPSA) is 109 Å². The van der Waals surface area contributed by atoms with Gasteiger partial charge in [0.25, 0.3) is 5.91 Å². The van der Waals surface area contributed by atoms with E-state index >= 15 is 0 Å². The summed E-state index contributed by atoms with van der Waals surface area (Å²) >= 11 is 0. The first kappa shape index (κ1) is 12.6. The number of rotatable bonds is 3. The SMILES string of the molecule is C/N=C\C1CCOCC1n1cc(C(N)=O)c(N)n1. The molecule has 1 amide bonds. The van der Waals surface area contributed by atoms with E-state index in [2.05, 4.69) is 10.1 Å². The second kappa shape index (κ2) is 5.18. The number of hydrogen-bond donors (Lipinski definition) is 2. The summed E-state index contributed by atoms with van der Waals surface area (Å²) in [6, 6.07) is -0.00199. The van der Waals surface area contributed by atoms with Gasteiger partial charge >= 0.3 is 0 Å². The molecule has 0 aliphatic carbocycles. The number of nitrogen functional groups attached to an aromatic ring is 1. The fourth-order valence-electron chi connectivity index (χ4n) is 2.14. The fourth-order valence-corrected chi connectivity index (χ4v) is 2.14. The number of hydrogen-bond acceptors (Lipinski definition) is 5. The molecule has 2 atom stereocenters. The van der Waals surface area contributed by atoms with Crippen LogP contribution in [0.4, 0.5) is 5.82 Å². The van der Waals surface area contributed by atoms with Crippen LogP contribution in [0.1, 0.15) is 22.8 Å². The number of aliphatic imine (C=N–C) groups is 1. The van der Waals surface area contributed by atoms with Crippen molar-refractivity contribution in [3.05, 3.63) is 11.8 Å². The lowest BCUT2D eigenvalue weighted by atomic mass is 9.96. The van der Waals surface area contributed by atoms with Gasteiger partial charge in [-0.15, -0.1) is 0 Å². The molecule has 1 aliphatic rings. The zero-order valence-electron chi connectivity index (χ0n) is 10.2. The van der Waals surface area contributed by atoms with Crippen LogP contribution in [-0.4, -0.2) is 42.2 Å². The van der Waals surface area contributed by atoms with Crippen molar-refractivity contribution in [3.63, 3.8) is 0 Å². The number of ether oxygens (including phenoxy) is 1. The predicted molar refractivity (Wildman–Crippen MR) is 67.5 cm³/mol. The highest BCUT2D eigenvalue weighted by molar-refractivity contribution is 5.96. The Hall–Kier alpha value is -1.89. The maximum atomic E-state index is 11.2. The summed E-state index contributed by atoms with van der Waals surface area (Å²) in [7, 11) is 1.73. The van der Waals surface area contributed by atoms with Gasteiger partial charge in [0.15, 0.2) is 5.82 Å². The average Bonchev–Trinajstić information content (AvgIpc) is 2.72. The number of nitrogens with zero attached hydrogens (tertiary/aromatic N) is 3. The van der Waals surface area contributed by atoms with Gasteiger partial charge in [0.1, 0.15) is 5.56 Å². The van der Waals surface area contributed by atoms with Gasteiger partial charge in [-0.2, -0.15) is 5.10 Å². The van der Waals surface area contributed by atoms with Crippen LogP contribution in [0.15, 0.2) is 11.2 Å². The van der Waals surface area contributed by atoms with Crippen LogP contribution in [0.3, 0.4) is 0 Å². The number of aromatic nitrogens is 2. The van der Waals surface area contributed by atoms with Gasteiger partial charge in [-0.25, -0.2) is 0 Å². The summed E-state index contributed by atoms with van der Waals surface area (Å²) in [5, 5.41) is 4.14. The average molecular weight is 251 g/mol. The molecule has 2 unspecified atom stereocenters. The van der Waals surface area contributed by atoms with Crippen LogP contribution in [0.2, 0.25) is 0 Å². The molecule has 1 aliphatic heterocycles. The Morgan fingerprint density at radius 1 is 1.72 bits per heavy atom. The van der Waals surface area contributed by atoms with Crippen LogP contribution >= 0.6 is 0 Å². The molecule has 1 fully saturated rings. The summed E-state index contributed by atoms with van der Waals surface area (Å²) in [4.78, 5) is 15.2. The first-order valence-corrected chi connectivity index (χ1v) is 5.78. The summed E-state index contributed by atoms with van der Waals surface area (Å²) in [6.07, 6.45) is 4.33. The molecule has 4 N–H and O–H groups in total. The van der Waals surface area contributed by atoms with E-state index in [0.29, 0.717) is 13.2 Å². The Labute approximate surface area is 105 Å². The highest BCUT2D eigenvalue weighted by atomic mass is 16.5. The summed E-state index contributed by atoms with van der Waals surface area (Å²) < 4.78 is 7.10. The first-order chi connectivity index (χ1) is 8.63. The number of nitrogens with two attached hydrogens (primary N) is 2. The number of carbonyl (C=O) groups is 1. The quantitative estimate of drug-likeness (QED) is 0.727. The van der Waals surface area contributed by atoms with Gasteiger partial charge in [0, 0.05) is 32.0 Å². The fraction of sp³-hybridized carbons (Fsp3) is 0.545. The second-order valence-corrected chi connectivity index (χ2v) is 4.27. The van der Waals surface area contributed by atoms with Crippen LogP contribution in [0.25, 0.3) is 0 Å². The highest BCUT2D eigenvalue weighted by Gasteiger charge is 2.27. The van der Waals surface area contributed by atoms with Crippen molar-refractivity contribution in [2.24, 2.45) is 16.6 Å². The number of amides is 1. The van der Waals surface area contributed by atoms with Gasteiger partial charge in [-0.1, -0.05) is 0 Å². The van der Waals surface area contributed by atoms with Crippen molar-refractivity contribution in [1.29, 1.82) is 0 Å². The third-order valence-corrected chi connectivity index (χ3v) is 3.08. The molecule has 0 aromatic carbocycles. The molecule has 2 heterocycles. The molecule has 0 spiro atoms. The van der Waals surface area contributed by atoms with Gasteiger partial charge < -0.3 is 21.2 Å². The van der Waals surface area contributed by atoms with Crippen molar-refractivity contribution in [2.45, 2.75) is 12.5 Å². The molecule has 0 radical (unpaired) electrons. The lowest BCUT2D eigenvalue weighted by molar-refractivity contribution is 0.0385. The van der Waals surface area contributed by atoms with Crippen molar-refractivity contribution in [1.82, 2.24) is 9.78 Å². The molecular formula is C11H17N5O2. The first-order valence-electron chi connectivity index (χ1n) is 5.78. The third kappa shape index (κ3) is 2.35. The van der Waals surface area contributed by atoms with Crippen LogP contribution in [-0.2, 0) is 4.74 Å². The Bertz CT molecular complexity index is 468. The van der Waals surface area contributed by atoms with E-state index in [0.717, 1.165) is 6.42 Å². The Kier molecular flexibility index (Phi) is 3.61. The summed E-state index contributed by atoms with van der Waals surface area (Å²) in [6.45, 7) is 1.22. The van der Waals surface area contributed by atoms with E-state index in [4.69, 9.17) is 16.2 Å². The minimum absolute atomic E-state index is 0.00199. The molecule has 1 saturated heterocycles. The molecule has 7 heteroatoms. The van der Waals surface area contributed by atoms with E-state index in [-0.39, 0.29) is 23.3 Å². The standard InChI is InChI=1S/C11H17N5O2/c1-14-4-7-2-3-18-6-9(7)16-5-8(11(13)17)10(12)15-16/h4-5,7,9H,2-3,6H2,1H3,(H2,12,15)(H2,13,17)/b14-4-. The van der Waals surface area contributed by atoms with E-state index in [1.54, 1.807) is 17.9 Å². The van der Waals surface area contributed by atoms with Crippen LogP contribution in [0.5, 0.6) is 0 Å². The van der Waals surface area contributed by atoms with E-state index < -0.39 is 5.91 Å². The van der Waals surface area contributed by atoms with Gasteiger partial charge in [-0.05, 0) is 6.42 Å². The van der Waals surface area contributed by atoms with Crippen molar-refractivity contribution in [2.75, 3.05) is 26.0 Å². The number of carbonyl (C=O) groups excluding carboxylic acids is 1. The molecule has 7 nitrogen and oxygen atoms in total. The molecule has 0 bridgehead atoms. The largest absolute Gasteiger partial charge is 0.382 e. The number of primary amides is 1. The summed E-state index contributed by atoms with van der Waals surface area (Å²) in [5.41, 5.74) is 11.1. The number of anilines is 1. The van der Waals surface area contributed by atoms with Crippen LogP contribution in [0, 0.1) is 5.92 Å². The molecule has 98 valence electrons. The lowest BCUT2D eigenvalue weighted by Gasteiger charge is -2.29. The zero-order chi connectivity index (χ0) is 13.1. The lowest BCUT2D eigenvalue weighted by Crippen LogP contribution is -2.31. The molecule has 1 aromatic rings. The Balaban J connectivity index is 2.28. The molecule has 2 rings (SSSR count). The minimum Gasteiger partial charge on any atom is -0.382 e. The smallest absolute Gasteiger partial charge is 0.254 e. The van der Waals surface area contributed by atoms with Crippen molar-refractivity contribution < 1.29 is 9.53 Å². The minimum atomic E-state index is -0.573. The predicted octanol–water partition coefficient (Wildman–Crippen LogP) is -0.158. The third-order valence-electron chi connectivity index (χ3n) is 3.08. The maximum Gasteiger partial charge on any atom is 0.254 e. The molecule has 1 aromatic heterocycles. The van der Waals surface area contributed by atoms with E-state index in [1.807, 2.05) is 6.21 Å². The van der Waals surface area contributed by atoms with Crippen LogP contribution < -0.4 is 11.5 Å². The Morgan fingerprint density at radius 3 is 3.11 bits per heavy atom. The molecular weight excluding hydrogens is 234 g/mol. The van der Waals surface area contributed by atoms with E-state index in [9.17, 15) is 4.79 Å². The second-order valence-electron chi connectivity index (χ2n) is 4.27. The van der Waals surface area contributed by atoms with Gasteiger partial charge in [-0.3, -0.25) is 9.48 Å². The van der Waals surface area contributed by atoms with Gasteiger partial charge in [0.2, 0.25) is 0 Å². The summed E-state index contributed by atoms with van der Waals surface area (Å²) in [5.74, 6) is -0.194.